The highest BCUT2D eigenvalue weighted by atomic mass is 16.2. The highest BCUT2D eigenvalue weighted by molar-refractivity contribution is 5.79. The summed E-state index contributed by atoms with van der Waals surface area (Å²) >= 11 is 0. The van der Waals surface area contributed by atoms with Crippen LogP contribution in [0.15, 0.2) is 30.3 Å². The Morgan fingerprint density at radius 1 is 1.43 bits per heavy atom. The van der Waals surface area contributed by atoms with Crippen molar-refractivity contribution in [1.29, 1.82) is 0 Å². The SMILES string of the molecule is CC(CN(C)Cc1ccccc1)NC(=O)C1CCCNC1. The van der Waals surface area contributed by atoms with Gasteiger partial charge in [0.1, 0.15) is 0 Å². The number of nitrogens with zero attached hydrogens (tertiary/aromatic N) is 1. The molecule has 0 radical (unpaired) electrons. The van der Waals surface area contributed by atoms with Gasteiger partial charge in [0.25, 0.3) is 0 Å². The maximum atomic E-state index is 12.2. The number of likely N-dealkylation sites (N-methyl/N-ethyl adjacent to an activating group) is 1. The molecule has 0 aliphatic carbocycles. The van der Waals surface area contributed by atoms with Crippen LogP contribution in [-0.2, 0) is 11.3 Å². The molecule has 0 saturated carbocycles. The summed E-state index contributed by atoms with van der Waals surface area (Å²) in [7, 11) is 2.10. The molecule has 0 aromatic heterocycles. The fourth-order valence-electron chi connectivity index (χ4n) is 2.91. The van der Waals surface area contributed by atoms with Crippen molar-refractivity contribution in [2.24, 2.45) is 5.92 Å². The molecule has 0 bridgehead atoms. The molecule has 1 saturated heterocycles. The van der Waals surface area contributed by atoms with Crippen LogP contribution in [-0.4, -0.2) is 43.5 Å². The molecule has 1 amide bonds. The number of benzene rings is 1. The Morgan fingerprint density at radius 3 is 2.86 bits per heavy atom. The minimum Gasteiger partial charge on any atom is -0.352 e. The first-order valence-corrected chi connectivity index (χ1v) is 7.88. The van der Waals surface area contributed by atoms with Gasteiger partial charge < -0.3 is 15.5 Å². The minimum absolute atomic E-state index is 0.139. The summed E-state index contributed by atoms with van der Waals surface area (Å²) < 4.78 is 0. The van der Waals surface area contributed by atoms with E-state index in [4.69, 9.17) is 0 Å². The van der Waals surface area contributed by atoms with Crippen LogP contribution in [0, 0.1) is 5.92 Å². The molecule has 0 spiro atoms. The first-order valence-electron chi connectivity index (χ1n) is 7.88. The van der Waals surface area contributed by atoms with E-state index in [0.29, 0.717) is 0 Å². The van der Waals surface area contributed by atoms with E-state index in [1.54, 1.807) is 0 Å². The molecule has 4 heteroatoms. The predicted molar refractivity (Wildman–Crippen MR) is 86.0 cm³/mol. The van der Waals surface area contributed by atoms with Crippen LogP contribution in [0.25, 0.3) is 0 Å². The minimum atomic E-state index is 0.139. The monoisotopic (exact) mass is 289 g/mol. The standard InChI is InChI=1S/C17H27N3O/c1-14(19-17(21)16-9-6-10-18-11-16)12-20(2)13-15-7-4-3-5-8-15/h3-5,7-8,14,16,18H,6,9-13H2,1-2H3,(H,19,21). The predicted octanol–water partition coefficient (Wildman–Crippen LogP) is 1.62. The molecule has 2 N–H and O–H groups in total. The largest absolute Gasteiger partial charge is 0.352 e. The summed E-state index contributed by atoms with van der Waals surface area (Å²) in [6.07, 6.45) is 2.10. The average Bonchev–Trinajstić information content (AvgIpc) is 2.48. The molecule has 2 atom stereocenters. The van der Waals surface area contributed by atoms with Gasteiger partial charge in [-0.25, -0.2) is 0 Å². The summed E-state index contributed by atoms with van der Waals surface area (Å²) in [6, 6.07) is 10.6. The van der Waals surface area contributed by atoms with E-state index >= 15 is 0 Å². The van der Waals surface area contributed by atoms with Gasteiger partial charge in [0, 0.05) is 25.7 Å². The van der Waals surface area contributed by atoms with Gasteiger partial charge in [-0.15, -0.1) is 0 Å². The van der Waals surface area contributed by atoms with Crippen molar-refractivity contribution in [2.45, 2.75) is 32.4 Å². The molecule has 1 heterocycles. The summed E-state index contributed by atoms with van der Waals surface area (Å²) in [5.74, 6) is 0.337. The van der Waals surface area contributed by atoms with Crippen molar-refractivity contribution in [1.82, 2.24) is 15.5 Å². The highest BCUT2D eigenvalue weighted by Crippen LogP contribution is 2.10. The van der Waals surface area contributed by atoms with Gasteiger partial charge in [0.2, 0.25) is 5.91 Å². The van der Waals surface area contributed by atoms with E-state index in [9.17, 15) is 4.79 Å². The second-order valence-electron chi connectivity index (χ2n) is 6.14. The molecule has 1 aliphatic rings. The van der Waals surface area contributed by atoms with Gasteiger partial charge in [0.15, 0.2) is 0 Å². The Labute approximate surface area is 127 Å². The quantitative estimate of drug-likeness (QED) is 0.836. The lowest BCUT2D eigenvalue weighted by atomic mass is 9.98. The summed E-state index contributed by atoms with van der Waals surface area (Å²) in [4.78, 5) is 14.4. The topological polar surface area (TPSA) is 44.4 Å². The Balaban J connectivity index is 1.73. The number of carbonyl (C=O) groups excluding carboxylic acids is 1. The smallest absolute Gasteiger partial charge is 0.224 e. The summed E-state index contributed by atoms with van der Waals surface area (Å²) in [5.41, 5.74) is 1.30. The number of carbonyl (C=O) groups is 1. The van der Waals surface area contributed by atoms with E-state index in [-0.39, 0.29) is 17.9 Å². The molecule has 2 rings (SSSR count). The summed E-state index contributed by atoms with van der Waals surface area (Å²) in [5, 5.41) is 6.44. The third-order valence-electron chi connectivity index (χ3n) is 3.94. The Morgan fingerprint density at radius 2 is 2.19 bits per heavy atom. The Hall–Kier alpha value is -1.39. The van der Waals surface area contributed by atoms with Gasteiger partial charge in [-0.2, -0.15) is 0 Å². The molecular weight excluding hydrogens is 262 g/mol. The molecule has 1 fully saturated rings. The third kappa shape index (κ3) is 5.48. The molecule has 1 aliphatic heterocycles. The van der Waals surface area contributed by atoms with Gasteiger partial charge in [-0.3, -0.25) is 4.79 Å². The first kappa shape index (κ1) is 16.0. The van der Waals surface area contributed by atoms with Gasteiger partial charge in [0.05, 0.1) is 5.92 Å². The zero-order valence-electron chi connectivity index (χ0n) is 13.1. The number of nitrogens with one attached hydrogen (secondary N) is 2. The lowest BCUT2D eigenvalue weighted by molar-refractivity contribution is -0.126. The fourth-order valence-corrected chi connectivity index (χ4v) is 2.91. The molecule has 1 aromatic carbocycles. The van der Waals surface area contributed by atoms with Crippen molar-refractivity contribution < 1.29 is 4.79 Å². The van der Waals surface area contributed by atoms with Gasteiger partial charge in [-0.1, -0.05) is 30.3 Å². The average molecular weight is 289 g/mol. The van der Waals surface area contributed by atoms with Crippen molar-refractivity contribution in [2.75, 3.05) is 26.7 Å². The van der Waals surface area contributed by atoms with Crippen molar-refractivity contribution in [3.05, 3.63) is 35.9 Å². The number of piperidine rings is 1. The van der Waals surface area contributed by atoms with Crippen LogP contribution in [0.1, 0.15) is 25.3 Å². The van der Waals surface area contributed by atoms with E-state index in [2.05, 4.69) is 53.8 Å². The number of rotatable bonds is 6. The van der Waals surface area contributed by atoms with E-state index < -0.39 is 0 Å². The molecule has 21 heavy (non-hydrogen) atoms. The fraction of sp³-hybridized carbons (Fsp3) is 0.588. The van der Waals surface area contributed by atoms with Crippen LogP contribution < -0.4 is 10.6 Å². The molecular formula is C17H27N3O. The second kappa shape index (κ2) is 8.15. The number of hydrogen-bond donors (Lipinski definition) is 2. The summed E-state index contributed by atoms with van der Waals surface area (Å²) in [6.45, 7) is 5.71. The van der Waals surface area contributed by atoms with Gasteiger partial charge in [-0.05, 0) is 38.9 Å². The zero-order chi connectivity index (χ0) is 15.1. The van der Waals surface area contributed by atoms with Crippen LogP contribution in [0.3, 0.4) is 0 Å². The lowest BCUT2D eigenvalue weighted by Crippen LogP contribution is -2.46. The number of hydrogen-bond acceptors (Lipinski definition) is 3. The Kier molecular flexibility index (Phi) is 6.21. The van der Waals surface area contributed by atoms with E-state index in [1.807, 2.05) is 6.07 Å². The van der Waals surface area contributed by atoms with Crippen LogP contribution in [0.2, 0.25) is 0 Å². The normalized spacial score (nSPS) is 20.2. The Bertz CT molecular complexity index is 429. The maximum absolute atomic E-state index is 12.2. The highest BCUT2D eigenvalue weighted by Gasteiger charge is 2.22. The van der Waals surface area contributed by atoms with E-state index in [1.165, 1.54) is 5.56 Å². The molecule has 116 valence electrons. The first-order chi connectivity index (χ1) is 10.1. The maximum Gasteiger partial charge on any atom is 0.224 e. The van der Waals surface area contributed by atoms with Crippen molar-refractivity contribution in [3.63, 3.8) is 0 Å². The van der Waals surface area contributed by atoms with Crippen LogP contribution >= 0.6 is 0 Å². The lowest BCUT2D eigenvalue weighted by Gasteiger charge is -2.26. The third-order valence-corrected chi connectivity index (χ3v) is 3.94. The molecule has 4 nitrogen and oxygen atoms in total. The molecule has 1 aromatic rings. The van der Waals surface area contributed by atoms with Crippen molar-refractivity contribution >= 4 is 5.91 Å². The van der Waals surface area contributed by atoms with Crippen LogP contribution in [0.4, 0.5) is 0 Å². The van der Waals surface area contributed by atoms with Gasteiger partial charge >= 0.3 is 0 Å². The van der Waals surface area contributed by atoms with Crippen molar-refractivity contribution in [3.8, 4) is 0 Å². The van der Waals surface area contributed by atoms with E-state index in [0.717, 1.165) is 39.0 Å². The number of amides is 1. The molecule has 2 unspecified atom stereocenters. The second-order valence-corrected chi connectivity index (χ2v) is 6.14. The van der Waals surface area contributed by atoms with Crippen LogP contribution in [0.5, 0.6) is 0 Å². The zero-order valence-corrected chi connectivity index (χ0v) is 13.1.